The molecule has 4 nitrogen and oxygen atoms in total. The van der Waals surface area contributed by atoms with E-state index in [0.717, 1.165) is 17.3 Å². The lowest BCUT2D eigenvalue weighted by atomic mass is 9.94. The van der Waals surface area contributed by atoms with Crippen LogP contribution in [0.15, 0.2) is 28.7 Å². The highest BCUT2D eigenvalue weighted by Crippen LogP contribution is 2.18. The number of nitrogens with one attached hydrogen (secondary N) is 2. The van der Waals surface area contributed by atoms with Crippen molar-refractivity contribution in [2.45, 2.75) is 58.0 Å². The quantitative estimate of drug-likeness (QED) is 0.818. The molecule has 126 valence electrons. The molecule has 1 fully saturated rings. The topological polar surface area (TPSA) is 58.2 Å². The summed E-state index contributed by atoms with van der Waals surface area (Å²) in [6.07, 6.45) is 5.67. The summed E-state index contributed by atoms with van der Waals surface area (Å²) in [5, 5.41) is 5.98. The van der Waals surface area contributed by atoms with Crippen LogP contribution < -0.4 is 10.6 Å². The fourth-order valence-corrected chi connectivity index (χ4v) is 3.16. The van der Waals surface area contributed by atoms with Gasteiger partial charge in [-0.1, -0.05) is 49.0 Å². The first-order chi connectivity index (χ1) is 11.0. The molecule has 23 heavy (non-hydrogen) atoms. The Morgan fingerprint density at radius 2 is 1.70 bits per heavy atom. The van der Waals surface area contributed by atoms with Gasteiger partial charge in [0.15, 0.2) is 0 Å². The lowest BCUT2D eigenvalue weighted by molar-refractivity contribution is -0.124. The smallest absolute Gasteiger partial charge is 0.251 e. The summed E-state index contributed by atoms with van der Waals surface area (Å²) in [5.41, 5.74) is 0.560. The summed E-state index contributed by atoms with van der Waals surface area (Å²) in [7, 11) is 0. The number of amides is 2. The lowest BCUT2D eigenvalue weighted by Crippen LogP contribution is -2.52. The summed E-state index contributed by atoms with van der Waals surface area (Å²) in [6.45, 7) is 3.90. The van der Waals surface area contributed by atoms with Gasteiger partial charge in [-0.25, -0.2) is 0 Å². The van der Waals surface area contributed by atoms with Crippen molar-refractivity contribution < 1.29 is 9.59 Å². The van der Waals surface area contributed by atoms with E-state index in [1.807, 2.05) is 26.0 Å². The van der Waals surface area contributed by atoms with Crippen molar-refractivity contribution in [2.24, 2.45) is 5.92 Å². The second-order valence-corrected chi connectivity index (χ2v) is 7.46. The molecule has 1 aromatic carbocycles. The largest absolute Gasteiger partial charge is 0.352 e. The number of carbonyl (C=O) groups is 2. The monoisotopic (exact) mass is 380 g/mol. The zero-order valence-corrected chi connectivity index (χ0v) is 15.4. The third-order valence-corrected chi connectivity index (χ3v) is 4.82. The van der Waals surface area contributed by atoms with Gasteiger partial charge >= 0.3 is 0 Å². The van der Waals surface area contributed by atoms with E-state index in [4.69, 9.17) is 0 Å². The third kappa shape index (κ3) is 5.34. The molecule has 5 heteroatoms. The maximum absolute atomic E-state index is 12.5. The van der Waals surface area contributed by atoms with Gasteiger partial charge in [0.25, 0.3) is 5.91 Å². The fourth-order valence-electron chi connectivity index (χ4n) is 2.90. The molecule has 1 aromatic rings. The first kappa shape index (κ1) is 18.0. The van der Waals surface area contributed by atoms with Crippen molar-refractivity contribution >= 4 is 27.7 Å². The summed E-state index contributed by atoms with van der Waals surface area (Å²) in [5.74, 6) is -0.245. The average molecular weight is 381 g/mol. The normalized spacial score (nSPS) is 16.9. The molecule has 1 aliphatic carbocycles. The van der Waals surface area contributed by atoms with Crippen LogP contribution in [0.5, 0.6) is 0 Å². The number of hydrogen-bond donors (Lipinski definition) is 2. The van der Waals surface area contributed by atoms with E-state index in [9.17, 15) is 9.59 Å². The van der Waals surface area contributed by atoms with E-state index in [1.165, 1.54) is 19.3 Å². The van der Waals surface area contributed by atoms with Gasteiger partial charge in [-0.05, 0) is 43.0 Å². The van der Waals surface area contributed by atoms with Gasteiger partial charge in [0.1, 0.15) is 6.04 Å². The van der Waals surface area contributed by atoms with Crippen molar-refractivity contribution in [3.8, 4) is 0 Å². The van der Waals surface area contributed by atoms with Gasteiger partial charge in [-0.3, -0.25) is 9.59 Å². The minimum atomic E-state index is -0.506. The van der Waals surface area contributed by atoms with Crippen molar-refractivity contribution in [3.05, 3.63) is 34.3 Å². The maximum atomic E-state index is 12.5. The summed E-state index contributed by atoms with van der Waals surface area (Å²) in [4.78, 5) is 24.9. The zero-order chi connectivity index (χ0) is 16.8. The van der Waals surface area contributed by atoms with Crippen LogP contribution in [0, 0.1) is 5.92 Å². The number of benzene rings is 1. The average Bonchev–Trinajstić information content (AvgIpc) is 2.53. The maximum Gasteiger partial charge on any atom is 0.251 e. The van der Waals surface area contributed by atoms with Gasteiger partial charge in [-0.2, -0.15) is 0 Å². The SMILES string of the molecule is CC(C)[C@@H](NC(=O)c1ccc(Br)cc1)C(=O)NC1CCCCC1. The van der Waals surface area contributed by atoms with Crippen LogP contribution >= 0.6 is 15.9 Å². The summed E-state index contributed by atoms with van der Waals surface area (Å²) < 4.78 is 0.921. The van der Waals surface area contributed by atoms with Gasteiger partial charge in [0.05, 0.1) is 0 Å². The highest BCUT2D eigenvalue weighted by molar-refractivity contribution is 9.10. The molecule has 0 spiro atoms. The number of rotatable bonds is 5. The van der Waals surface area contributed by atoms with Crippen molar-refractivity contribution in [1.29, 1.82) is 0 Å². The summed E-state index contributed by atoms with van der Waals surface area (Å²) >= 11 is 3.35. The molecular weight excluding hydrogens is 356 g/mol. The molecule has 0 unspecified atom stereocenters. The molecule has 0 bridgehead atoms. The van der Waals surface area contributed by atoms with Crippen LogP contribution in [0.2, 0.25) is 0 Å². The molecule has 0 aromatic heterocycles. The van der Waals surface area contributed by atoms with Gasteiger partial charge in [0, 0.05) is 16.1 Å². The third-order valence-electron chi connectivity index (χ3n) is 4.29. The predicted molar refractivity (Wildman–Crippen MR) is 95.2 cm³/mol. The van der Waals surface area contributed by atoms with E-state index >= 15 is 0 Å². The van der Waals surface area contributed by atoms with Crippen LogP contribution in [-0.4, -0.2) is 23.9 Å². The molecule has 1 aliphatic rings. The Morgan fingerprint density at radius 3 is 2.26 bits per heavy atom. The highest BCUT2D eigenvalue weighted by Gasteiger charge is 2.27. The minimum absolute atomic E-state index is 0.0398. The van der Waals surface area contributed by atoms with E-state index in [-0.39, 0.29) is 23.8 Å². The van der Waals surface area contributed by atoms with Gasteiger partial charge < -0.3 is 10.6 Å². The highest BCUT2D eigenvalue weighted by atomic mass is 79.9. The molecular formula is C18H25BrN2O2. The first-order valence-corrected chi connectivity index (χ1v) is 9.13. The first-order valence-electron chi connectivity index (χ1n) is 8.34. The van der Waals surface area contributed by atoms with Gasteiger partial charge in [0.2, 0.25) is 5.91 Å². The van der Waals surface area contributed by atoms with E-state index < -0.39 is 6.04 Å². The fraction of sp³-hybridized carbons (Fsp3) is 0.556. The molecule has 1 saturated carbocycles. The molecule has 0 saturated heterocycles. The van der Waals surface area contributed by atoms with E-state index in [0.29, 0.717) is 5.56 Å². The van der Waals surface area contributed by atoms with E-state index in [1.54, 1.807) is 12.1 Å². The predicted octanol–water partition coefficient (Wildman–Crippen LogP) is 3.65. The van der Waals surface area contributed by atoms with Crippen LogP contribution in [0.3, 0.4) is 0 Å². The van der Waals surface area contributed by atoms with Crippen molar-refractivity contribution in [1.82, 2.24) is 10.6 Å². The molecule has 2 N–H and O–H groups in total. The Balaban J connectivity index is 1.98. The Labute approximate surface area is 146 Å². The Kier molecular flexibility index (Phi) is 6.63. The second-order valence-electron chi connectivity index (χ2n) is 6.55. The number of halogens is 1. The van der Waals surface area contributed by atoms with Crippen LogP contribution in [0.25, 0.3) is 0 Å². The Hall–Kier alpha value is -1.36. The molecule has 2 rings (SSSR count). The molecule has 2 amide bonds. The Bertz CT molecular complexity index is 536. The second kappa shape index (κ2) is 8.48. The summed E-state index contributed by atoms with van der Waals surface area (Å²) in [6, 6.07) is 6.88. The molecule has 0 radical (unpaired) electrons. The number of hydrogen-bond acceptors (Lipinski definition) is 2. The number of carbonyl (C=O) groups excluding carboxylic acids is 2. The zero-order valence-electron chi connectivity index (χ0n) is 13.8. The van der Waals surface area contributed by atoms with Crippen molar-refractivity contribution in [3.63, 3.8) is 0 Å². The van der Waals surface area contributed by atoms with Gasteiger partial charge in [-0.15, -0.1) is 0 Å². The van der Waals surface area contributed by atoms with Crippen LogP contribution in [0.1, 0.15) is 56.3 Å². The van der Waals surface area contributed by atoms with Crippen LogP contribution in [0.4, 0.5) is 0 Å². The van der Waals surface area contributed by atoms with Crippen molar-refractivity contribution in [2.75, 3.05) is 0 Å². The van der Waals surface area contributed by atoms with E-state index in [2.05, 4.69) is 26.6 Å². The standard InChI is InChI=1S/C18H25BrN2O2/c1-12(2)16(18(23)20-15-6-4-3-5-7-15)21-17(22)13-8-10-14(19)11-9-13/h8-12,15-16H,3-7H2,1-2H3,(H,20,23)(H,21,22)/t16-/m1/s1. The molecule has 0 aliphatic heterocycles. The Morgan fingerprint density at radius 1 is 1.09 bits per heavy atom. The molecule has 1 atom stereocenters. The molecule has 0 heterocycles. The minimum Gasteiger partial charge on any atom is -0.352 e. The van der Waals surface area contributed by atoms with Crippen LogP contribution in [-0.2, 0) is 4.79 Å². The lowest BCUT2D eigenvalue weighted by Gasteiger charge is -2.27.